The summed E-state index contributed by atoms with van der Waals surface area (Å²) in [7, 11) is 1.53. The number of Topliss-reactive ketones (excluding diaryl/α,β-unsaturated/α-hetero) is 1. The lowest BCUT2D eigenvalue weighted by Crippen LogP contribution is -2.21. The van der Waals surface area contributed by atoms with Crippen LogP contribution in [0.4, 0.5) is 0 Å². The van der Waals surface area contributed by atoms with Gasteiger partial charge in [-0.05, 0) is 69.4 Å². The van der Waals surface area contributed by atoms with E-state index in [0.29, 0.717) is 5.56 Å². The van der Waals surface area contributed by atoms with Crippen molar-refractivity contribution >= 4 is 22.9 Å². The van der Waals surface area contributed by atoms with Crippen molar-refractivity contribution in [3.05, 3.63) is 61.4 Å². The molecule has 2 heterocycles. The number of furan rings is 1. The molecule has 0 radical (unpaired) electrons. The molecule has 0 aliphatic heterocycles. The lowest BCUT2D eigenvalue weighted by atomic mass is 9.88. The largest absolute Gasteiger partial charge is 0.454 e. The van der Waals surface area contributed by atoms with E-state index in [1.54, 1.807) is 6.92 Å². The van der Waals surface area contributed by atoms with Crippen LogP contribution in [0.3, 0.4) is 0 Å². The third-order valence-corrected chi connectivity index (χ3v) is 5.77. The summed E-state index contributed by atoms with van der Waals surface area (Å²) in [6.45, 7) is 10.9. The number of esters is 1. The zero-order valence-corrected chi connectivity index (χ0v) is 17.7. The predicted octanol–water partition coefficient (Wildman–Crippen LogP) is 3.42. The first-order valence-corrected chi connectivity index (χ1v) is 9.28. The molecule has 152 valence electrons. The first-order chi connectivity index (χ1) is 13.6. The van der Waals surface area contributed by atoms with Gasteiger partial charge < -0.3 is 13.7 Å². The number of benzene rings is 1. The van der Waals surface area contributed by atoms with Crippen LogP contribution < -0.4 is 5.56 Å². The molecule has 0 bridgehead atoms. The van der Waals surface area contributed by atoms with E-state index in [1.165, 1.54) is 17.9 Å². The molecule has 0 fully saturated rings. The van der Waals surface area contributed by atoms with Gasteiger partial charge in [-0.15, -0.1) is 0 Å². The number of nitrogens with zero attached hydrogens (tertiary/aromatic N) is 2. The number of fused-ring (bicyclic) bond motifs is 1. The highest BCUT2D eigenvalue weighted by molar-refractivity contribution is 6.06. The van der Waals surface area contributed by atoms with Gasteiger partial charge in [0.05, 0.1) is 0 Å². The maximum atomic E-state index is 12.9. The zero-order valence-electron chi connectivity index (χ0n) is 17.7. The fourth-order valence-corrected chi connectivity index (χ4v) is 3.63. The second-order valence-corrected chi connectivity index (χ2v) is 7.37. The highest BCUT2D eigenvalue weighted by Gasteiger charge is 2.25. The fraction of sp³-hybridized carbons (Fsp3) is 0.364. The van der Waals surface area contributed by atoms with Gasteiger partial charge >= 0.3 is 5.97 Å². The third-order valence-electron chi connectivity index (χ3n) is 5.77. The fourth-order valence-electron chi connectivity index (χ4n) is 3.63. The minimum atomic E-state index is -0.782. The summed E-state index contributed by atoms with van der Waals surface area (Å²) in [5.41, 5.74) is 5.25. The number of aromatic nitrogens is 2. The van der Waals surface area contributed by atoms with Gasteiger partial charge in [0, 0.05) is 12.6 Å². The summed E-state index contributed by atoms with van der Waals surface area (Å²) in [5, 5.41) is 0.0549. The van der Waals surface area contributed by atoms with Crippen LogP contribution in [0.5, 0.6) is 0 Å². The van der Waals surface area contributed by atoms with Crippen molar-refractivity contribution in [1.82, 2.24) is 9.55 Å². The van der Waals surface area contributed by atoms with Gasteiger partial charge in [-0.3, -0.25) is 9.59 Å². The second-order valence-electron chi connectivity index (χ2n) is 7.37. The van der Waals surface area contributed by atoms with Gasteiger partial charge in [-0.2, -0.15) is 0 Å². The molecule has 0 N–H and O–H groups in total. The Kier molecular flexibility index (Phi) is 5.17. The molecule has 1 aromatic carbocycles. The number of aryl methyl sites for hydroxylation is 2. The Morgan fingerprint density at radius 1 is 0.966 bits per heavy atom. The Labute approximate surface area is 168 Å². The molecule has 29 heavy (non-hydrogen) atoms. The molecule has 0 unspecified atom stereocenters. The maximum absolute atomic E-state index is 12.9. The van der Waals surface area contributed by atoms with E-state index in [9.17, 15) is 14.4 Å². The summed E-state index contributed by atoms with van der Waals surface area (Å²) < 4.78 is 12.0. The Morgan fingerprint density at radius 2 is 1.52 bits per heavy atom. The smallest absolute Gasteiger partial charge is 0.343 e. The van der Waals surface area contributed by atoms with Crippen molar-refractivity contribution < 1.29 is 18.7 Å². The van der Waals surface area contributed by atoms with Crippen LogP contribution in [0.15, 0.2) is 15.5 Å². The van der Waals surface area contributed by atoms with Crippen LogP contribution in [0.25, 0.3) is 11.1 Å². The molecule has 0 aliphatic rings. The molecule has 7 heteroatoms. The third kappa shape index (κ3) is 3.26. The first kappa shape index (κ1) is 20.5. The number of carbonyl (C=O) groups is 2. The molecular formula is C22H24N2O5. The van der Waals surface area contributed by atoms with Gasteiger partial charge in [-0.1, -0.05) is 0 Å². The summed E-state index contributed by atoms with van der Waals surface area (Å²) in [6, 6.07) is 0. The first-order valence-electron chi connectivity index (χ1n) is 9.28. The van der Waals surface area contributed by atoms with Crippen molar-refractivity contribution in [3.8, 4) is 0 Å². The highest BCUT2D eigenvalue weighted by Crippen LogP contribution is 2.27. The standard InChI is InChI=1S/C22H24N2O5/c1-10-11(2)13(4)17(14(5)12(10)3)16(25)8-28-22(27)18-15(6)29-20-19(18)21(26)24(7)9-23-20/h9H,8H2,1-7H3. The zero-order chi connectivity index (χ0) is 21.6. The van der Waals surface area contributed by atoms with E-state index in [2.05, 4.69) is 4.98 Å². The van der Waals surface area contributed by atoms with Gasteiger partial charge in [0.25, 0.3) is 5.56 Å². The molecule has 0 saturated heterocycles. The van der Waals surface area contributed by atoms with Gasteiger partial charge in [0.1, 0.15) is 23.0 Å². The lowest BCUT2D eigenvalue weighted by Gasteiger charge is -2.17. The second kappa shape index (κ2) is 7.31. The van der Waals surface area contributed by atoms with Crippen LogP contribution in [-0.4, -0.2) is 27.9 Å². The van der Waals surface area contributed by atoms with Crippen LogP contribution in [-0.2, 0) is 11.8 Å². The van der Waals surface area contributed by atoms with E-state index in [4.69, 9.17) is 9.15 Å². The number of hydrogen-bond acceptors (Lipinski definition) is 6. The van der Waals surface area contributed by atoms with Gasteiger partial charge in [0.15, 0.2) is 6.61 Å². The van der Waals surface area contributed by atoms with Crippen molar-refractivity contribution in [2.45, 2.75) is 41.5 Å². The van der Waals surface area contributed by atoms with Gasteiger partial charge in [-0.25, -0.2) is 9.78 Å². The molecule has 3 rings (SSSR count). The molecule has 3 aromatic rings. The average molecular weight is 396 g/mol. The quantitative estimate of drug-likeness (QED) is 0.496. The number of carbonyl (C=O) groups excluding carboxylic acids is 2. The number of hydrogen-bond donors (Lipinski definition) is 0. The molecule has 0 atom stereocenters. The van der Waals surface area contributed by atoms with Crippen LogP contribution in [0, 0.1) is 41.5 Å². The maximum Gasteiger partial charge on any atom is 0.343 e. The molecule has 2 aromatic heterocycles. The Balaban J connectivity index is 1.93. The van der Waals surface area contributed by atoms with E-state index >= 15 is 0 Å². The molecular weight excluding hydrogens is 372 g/mol. The predicted molar refractivity (Wildman–Crippen MR) is 109 cm³/mol. The van der Waals surface area contributed by atoms with Crippen molar-refractivity contribution in [2.75, 3.05) is 6.61 Å². The Bertz CT molecular complexity index is 1200. The summed E-state index contributed by atoms with van der Waals surface area (Å²) in [4.78, 5) is 42.0. The summed E-state index contributed by atoms with van der Waals surface area (Å²) >= 11 is 0. The normalized spacial score (nSPS) is 11.1. The minimum Gasteiger partial charge on any atom is -0.454 e. The molecule has 0 amide bonds. The molecule has 0 aliphatic carbocycles. The van der Waals surface area contributed by atoms with E-state index in [0.717, 1.165) is 27.8 Å². The van der Waals surface area contributed by atoms with Crippen molar-refractivity contribution in [2.24, 2.45) is 7.05 Å². The van der Waals surface area contributed by atoms with Crippen LogP contribution in [0.1, 0.15) is 54.3 Å². The minimum absolute atomic E-state index is 0.00575. The summed E-state index contributed by atoms with van der Waals surface area (Å²) in [6.07, 6.45) is 1.32. The Morgan fingerprint density at radius 3 is 2.10 bits per heavy atom. The summed E-state index contributed by atoms with van der Waals surface area (Å²) in [5.74, 6) is -0.839. The molecule has 0 saturated carbocycles. The lowest BCUT2D eigenvalue weighted by molar-refractivity contribution is 0.0474. The average Bonchev–Trinajstić information content (AvgIpc) is 3.02. The van der Waals surface area contributed by atoms with Crippen LogP contribution >= 0.6 is 0 Å². The monoisotopic (exact) mass is 396 g/mol. The van der Waals surface area contributed by atoms with Gasteiger partial charge in [0.2, 0.25) is 11.5 Å². The number of ether oxygens (including phenoxy) is 1. The van der Waals surface area contributed by atoms with E-state index in [1.807, 2.05) is 34.6 Å². The SMILES string of the molecule is Cc1oc2ncn(C)c(=O)c2c1C(=O)OCC(=O)c1c(C)c(C)c(C)c(C)c1C. The van der Waals surface area contributed by atoms with E-state index in [-0.39, 0.29) is 28.2 Å². The number of ketones is 1. The van der Waals surface area contributed by atoms with Crippen molar-refractivity contribution in [3.63, 3.8) is 0 Å². The van der Waals surface area contributed by atoms with Crippen LogP contribution in [0.2, 0.25) is 0 Å². The molecule has 7 nitrogen and oxygen atoms in total. The molecule has 0 spiro atoms. The Hall–Kier alpha value is -3.22. The van der Waals surface area contributed by atoms with Crippen molar-refractivity contribution in [1.29, 1.82) is 0 Å². The highest BCUT2D eigenvalue weighted by atomic mass is 16.5. The number of rotatable bonds is 4. The topological polar surface area (TPSA) is 91.4 Å². The van der Waals surface area contributed by atoms with E-state index < -0.39 is 18.1 Å².